The van der Waals surface area contributed by atoms with Gasteiger partial charge in [-0.3, -0.25) is 4.90 Å². The zero-order chi connectivity index (χ0) is 15.9. The number of aliphatic hydroxyl groups is 1. The fourth-order valence-corrected chi connectivity index (χ4v) is 5.73. The second-order valence-electron chi connectivity index (χ2n) is 7.60. The first-order chi connectivity index (χ1) is 11.2. The molecule has 2 aromatic rings. The average Bonchev–Trinajstić information content (AvgIpc) is 3.00. The number of hydrogen-bond acceptors (Lipinski definition) is 3. The molecule has 1 unspecified atom stereocenters. The van der Waals surface area contributed by atoms with E-state index in [0.717, 1.165) is 31.8 Å². The molecule has 3 heteroatoms. The van der Waals surface area contributed by atoms with Crippen molar-refractivity contribution >= 4 is 21.4 Å². The van der Waals surface area contributed by atoms with Crippen LogP contribution in [-0.4, -0.2) is 29.2 Å². The van der Waals surface area contributed by atoms with Gasteiger partial charge in [0.15, 0.2) is 0 Å². The molecule has 4 rings (SSSR count). The lowest BCUT2D eigenvalue weighted by molar-refractivity contribution is -0.0261. The molecule has 0 amide bonds. The summed E-state index contributed by atoms with van der Waals surface area (Å²) in [4.78, 5) is 2.63. The molecule has 2 fully saturated rings. The van der Waals surface area contributed by atoms with Crippen LogP contribution in [0.5, 0.6) is 0 Å². The van der Waals surface area contributed by atoms with Crippen LogP contribution in [-0.2, 0) is 5.54 Å². The molecule has 0 radical (unpaired) electrons. The van der Waals surface area contributed by atoms with E-state index in [1.807, 2.05) is 11.3 Å². The third kappa shape index (κ3) is 2.73. The van der Waals surface area contributed by atoms with Crippen LogP contribution < -0.4 is 0 Å². The minimum absolute atomic E-state index is 0.146. The van der Waals surface area contributed by atoms with Crippen LogP contribution in [0.15, 0.2) is 29.6 Å². The highest BCUT2D eigenvalue weighted by Crippen LogP contribution is 2.48. The van der Waals surface area contributed by atoms with E-state index in [-0.39, 0.29) is 11.6 Å². The smallest absolute Gasteiger partial charge is 0.0667 e. The zero-order valence-electron chi connectivity index (χ0n) is 14.0. The maximum absolute atomic E-state index is 10.2. The Balaban J connectivity index is 1.79. The lowest BCUT2D eigenvalue weighted by Crippen LogP contribution is -2.53. The Labute approximate surface area is 143 Å². The number of piperidine rings is 1. The van der Waals surface area contributed by atoms with Crippen LogP contribution >= 0.6 is 11.3 Å². The predicted molar refractivity (Wildman–Crippen MR) is 97.9 cm³/mol. The normalized spacial score (nSPS) is 33.1. The second-order valence-corrected chi connectivity index (χ2v) is 8.51. The van der Waals surface area contributed by atoms with Crippen LogP contribution in [0.25, 0.3) is 10.1 Å². The molecule has 1 aliphatic heterocycles. The Bertz CT molecular complexity index is 671. The summed E-state index contributed by atoms with van der Waals surface area (Å²) in [5.74, 6) is 0.836. The summed E-state index contributed by atoms with van der Waals surface area (Å²) in [7, 11) is 0. The Morgan fingerprint density at radius 1 is 1.17 bits per heavy atom. The summed E-state index contributed by atoms with van der Waals surface area (Å²) in [6.45, 7) is 4.37. The molecule has 1 saturated heterocycles. The van der Waals surface area contributed by atoms with Crippen LogP contribution in [0.1, 0.15) is 51.0 Å². The van der Waals surface area contributed by atoms with E-state index in [9.17, 15) is 5.11 Å². The molecule has 1 aromatic heterocycles. The Kier molecular flexibility index (Phi) is 4.21. The van der Waals surface area contributed by atoms with E-state index in [1.165, 1.54) is 41.3 Å². The largest absolute Gasteiger partial charge is 0.392 e. The summed E-state index contributed by atoms with van der Waals surface area (Å²) in [6, 6.07) is 8.85. The minimum Gasteiger partial charge on any atom is -0.392 e. The number of aliphatic hydroxyl groups excluding tert-OH is 1. The summed E-state index contributed by atoms with van der Waals surface area (Å²) in [6.07, 6.45) is 7.02. The van der Waals surface area contributed by atoms with Crippen LogP contribution in [0.4, 0.5) is 0 Å². The number of hydrogen-bond donors (Lipinski definition) is 1. The van der Waals surface area contributed by atoms with Gasteiger partial charge in [-0.15, -0.1) is 11.3 Å². The van der Waals surface area contributed by atoms with E-state index in [4.69, 9.17) is 0 Å². The van der Waals surface area contributed by atoms with Crippen molar-refractivity contribution in [3.05, 3.63) is 35.2 Å². The van der Waals surface area contributed by atoms with Gasteiger partial charge in [0, 0.05) is 16.8 Å². The average molecular weight is 330 g/mol. The van der Waals surface area contributed by atoms with Crippen molar-refractivity contribution in [3.63, 3.8) is 0 Å². The first-order valence-electron chi connectivity index (χ1n) is 9.09. The molecule has 2 heterocycles. The van der Waals surface area contributed by atoms with E-state index < -0.39 is 0 Å². The minimum atomic E-state index is -0.148. The lowest BCUT2D eigenvalue weighted by Gasteiger charge is -2.50. The number of thiophene rings is 1. The predicted octanol–water partition coefficient (Wildman–Crippen LogP) is 4.76. The molecule has 2 nitrogen and oxygen atoms in total. The molecule has 1 saturated carbocycles. The van der Waals surface area contributed by atoms with Gasteiger partial charge >= 0.3 is 0 Å². The fraction of sp³-hybridized carbons (Fsp3) is 0.600. The summed E-state index contributed by atoms with van der Waals surface area (Å²) in [5, 5.41) is 14.1. The quantitative estimate of drug-likeness (QED) is 0.858. The fourth-order valence-electron chi connectivity index (χ4n) is 4.68. The molecule has 1 atom stereocenters. The van der Waals surface area contributed by atoms with E-state index in [1.54, 1.807) is 0 Å². The van der Waals surface area contributed by atoms with E-state index in [0.29, 0.717) is 0 Å². The van der Waals surface area contributed by atoms with Crippen molar-refractivity contribution in [2.24, 2.45) is 5.92 Å². The SMILES string of the molecule is CC1CCC(c2csc3ccccc23)(N2CCCC(O)C2)CC1. The maximum atomic E-state index is 10.2. The van der Waals surface area contributed by atoms with Crippen molar-refractivity contribution in [1.29, 1.82) is 0 Å². The van der Waals surface area contributed by atoms with E-state index in [2.05, 4.69) is 41.5 Å². The van der Waals surface area contributed by atoms with Crippen LogP contribution in [0, 0.1) is 5.92 Å². The summed E-state index contributed by atoms with van der Waals surface area (Å²) < 4.78 is 1.40. The second kappa shape index (κ2) is 6.19. The number of rotatable bonds is 2. The Hall–Kier alpha value is -0.900. The van der Waals surface area contributed by atoms with Gasteiger partial charge in [0.2, 0.25) is 0 Å². The molecule has 124 valence electrons. The number of fused-ring (bicyclic) bond motifs is 1. The number of likely N-dealkylation sites (tertiary alicyclic amines) is 1. The topological polar surface area (TPSA) is 23.5 Å². The van der Waals surface area contributed by atoms with Gasteiger partial charge in [-0.05, 0) is 73.4 Å². The third-order valence-corrected chi connectivity index (χ3v) is 7.05. The monoisotopic (exact) mass is 329 g/mol. The van der Waals surface area contributed by atoms with Crippen molar-refractivity contribution in [2.45, 2.75) is 57.1 Å². The van der Waals surface area contributed by atoms with Gasteiger partial charge in [0.1, 0.15) is 0 Å². The molecular weight excluding hydrogens is 302 g/mol. The molecule has 2 aliphatic rings. The molecule has 1 aliphatic carbocycles. The van der Waals surface area contributed by atoms with Gasteiger partial charge in [0.25, 0.3) is 0 Å². The van der Waals surface area contributed by atoms with Gasteiger partial charge in [-0.25, -0.2) is 0 Å². The first-order valence-corrected chi connectivity index (χ1v) is 9.97. The number of β-amino-alcohol motifs (C(OH)–C–C–N with tert-alkyl or cyclic N) is 1. The maximum Gasteiger partial charge on any atom is 0.0667 e. The molecule has 1 aromatic carbocycles. The molecule has 1 N–H and O–H groups in total. The first kappa shape index (κ1) is 15.6. The highest BCUT2D eigenvalue weighted by atomic mass is 32.1. The third-order valence-electron chi connectivity index (χ3n) is 6.09. The van der Waals surface area contributed by atoms with Crippen molar-refractivity contribution < 1.29 is 5.11 Å². The summed E-state index contributed by atoms with van der Waals surface area (Å²) in [5.41, 5.74) is 1.67. The Morgan fingerprint density at radius 3 is 2.74 bits per heavy atom. The van der Waals surface area contributed by atoms with Crippen molar-refractivity contribution in [1.82, 2.24) is 4.90 Å². The van der Waals surface area contributed by atoms with Gasteiger partial charge in [-0.2, -0.15) is 0 Å². The summed E-state index contributed by atoms with van der Waals surface area (Å²) >= 11 is 1.88. The molecular formula is C20H27NOS. The molecule has 23 heavy (non-hydrogen) atoms. The standard InChI is InChI=1S/C20H27NOS/c1-15-8-10-20(11-9-15,21-12-4-5-16(22)13-21)18-14-23-19-7-3-2-6-17(18)19/h2-3,6-7,14-16,22H,4-5,8-13H2,1H3. The van der Waals surface area contributed by atoms with Gasteiger partial charge < -0.3 is 5.11 Å². The lowest BCUT2D eigenvalue weighted by atomic mass is 9.71. The van der Waals surface area contributed by atoms with Gasteiger partial charge in [0.05, 0.1) is 6.10 Å². The van der Waals surface area contributed by atoms with Crippen molar-refractivity contribution in [2.75, 3.05) is 13.1 Å². The molecule has 0 spiro atoms. The molecule has 0 bridgehead atoms. The van der Waals surface area contributed by atoms with Crippen LogP contribution in [0.3, 0.4) is 0 Å². The highest BCUT2D eigenvalue weighted by molar-refractivity contribution is 7.17. The van der Waals surface area contributed by atoms with Crippen molar-refractivity contribution in [3.8, 4) is 0 Å². The zero-order valence-corrected chi connectivity index (χ0v) is 14.8. The van der Waals surface area contributed by atoms with Crippen LogP contribution in [0.2, 0.25) is 0 Å². The number of nitrogens with zero attached hydrogens (tertiary/aromatic N) is 1. The Morgan fingerprint density at radius 2 is 1.96 bits per heavy atom. The highest BCUT2D eigenvalue weighted by Gasteiger charge is 2.43. The van der Waals surface area contributed by atoms with E-state index >= 15 is 0 Å². The van der Waals surface area contributed by atoms with Gasteiger partial charge in [-0.1, -0.05) is 25.1 Å². The number of benzene rings is 1.